The van der Waals surface area contributed by atoms with Crippen LogP contribution < -0.4 is 5.32 Å². The monoisotopic (exact) mass is 281 g/mol. The maximum absolute atomic E-state index is 6.07. The Morgan fingerprint density at radius 3 is 2.50 bits per heavy atom. The number of aryl methyl sites for hydroxylation is 1. The van der Waals surface area contributed by atoms with E-state index in [9.17, 15) is 0 Å². The number of likely N-dealkylation sites (N-methyl/N-ethyl adjacent to an activating group) is 1. The van der Waals surface area contributed by atoms with E-state index in [-0.39, 0.29) is 17.6 Å². The number of nitrogens with zero attached hydrogens (tertiary/aromatic N) is 2. The second kappa shape index (κ2) is 7.79. The van der Waals surface area contributed by atoms with E-state index < -0.39 is 0 Å². The van der Waals surface area contributed by atoms with Gasteiger partial charge in [-0.25, -0.2) is 0 Å². The minimum absolute atomic E-state index is 0.0736. The summed E-state index contributed by atoms with van der Waals surface area (Å²) in [5.74, 6) is 0. The summed E-state index contributed by atoms with van der Waals surface area (Å²) >= 11 is 0. The van der Waals surface area contributed by atoms with E-state index in [4.69, 9.17) is 4.74 Å². The van der Waals surface area contributed by atoms with Gasteiger partial charge in [0.25, 0.3) is 0 Å². The molecule has 0 aliphatic heterocycles. The van der Waals surface area contributed by atoms with Crippen LogP contribution >= 0.6 is 0 Å². The summed E-state index contributed by atoms with van der Waals surface area (Å²) in [5, 5.41) is 8.04. The largest absolute Gasteiger partial charge is 0.376 e. The van der Waals surface area contributed by atoms with Crippen LogP contribution in [0.4, 0.5) is 0 Å². The Hall–Kier alpha value is -0.870. The SMILES string of the molecule is CCCn1nccc1C(NCC)C(OCC)C(C)(C)C. The summed E-state index contributed by atoms with van der Waals surface area (Å²) in [5.41, 5.74) is 1.30. The Bertz CT molecular complexity index is 381. The first-order valence-corrected chi connectivity index (χ1v) is 7.82. The quantitative estimate of drug-likeness (QED) is 0.794. The van der Waals surface area contributed by atoms with Crippen molar-refractivity contribution >= 4 is 0 Å². The number of hydrogen-bond acceptors (Lipinski definition) is 3. The predicted molar refractivity (Wildman–Crippen MR) is 83.8 cm³/mol. The molecule has 0 aliphatic carbocycles. The number of ether oxygens (including phenoxy) is 1. The van der Waals surface area contributed by atoms with Gasteiger partial charge in [-0.05, 0) is 31.4 Å². The Labute approximate surface area is 123 Å². The molecular weight excluding hydrogens is 250 g/mol. The zero-order valence-corrected chi connectivity index (χ0v) is 13.9. The van der Waals surface area contributed by atoms with Crippen LogP contribution in [0, 0.1) is 5.41 Å². The molecule has 116 valence electrons. The first kappa shape index (κ1) is 17.2. The molecule has 2 atom stereocenters. The zero-order chi connectivity index (χ0) is 15.2. The van der Waals surface area contributed by atoms with Crippen molar-refractivity contribution < 1.29 is 4.74 Å². The van der Waals surface area contributed by atoms with Crippen LogP contribution in [0.1, 0.15) is 59.7 Å². The minimum Gasteiger partial charge on any atom is -0.376 e. The predicted octanol–water partition coefficient (Wildman–Crippen LogP) is 3.39. The molecule has 2 unspecified atom stereocenters. The van der Waals surface area contributed by atoms with Gasteiger partial charge in [0.2, 0.25) is 0 Å². The lowest BCUT2D eigenvalue weighted by molar-refractivity contribution is -0.0380. The van der Waals surface area contributed by atoms with Gasteiger partial charge in [0, 0.05) is 19.3 Å². The van der Waals surface area contributed by atoms with Gasteiger partial charge in [-0.2, -0.15) is 5.10 Å². The molecule has 4 heteroatoms. The molecule has 0 spiro atoms. The van der Waals surface area contributed by atoms with E-state index in [1.54, 1.807) is 0 Å². The third-order valence-electron chi connectivity index (χ3n) is 3.43. The van der Waals surface area contributed by atoms with Gasteiger partial charge >= 0.3 is 0 Å². The van der Waals surface area contributed by atoms with Crippen molar-refractivity contribution in [1.82, 2.24) is 15.1 Å². The summed E-state index contributed by atoms with van der Waals surface area (Å²) in [6, 6.07) is 2.29. The first-order valence-electron chi connectivity index (χ1n) is 7.82. The van der Waals surface area contributed by atoms with Crippen molar-refractivity contribution in [2.24, 2.45) is 5.41 Å². The molecule has 20 heavy (non-hydrogen) atoms. The molecule has 4 nitrogen and oxygen atoms in total. The zero-order valence-electron chi connectivity index (χ0n) is 13.9. The van der Waals surface area contributed by atoms with Crippen LogP contribution in [0.2, 0.25) is 0 Å². The van der Waals surface area contributed by atoms with Gasteiger partial charge in [0.1, 0.15) is 0 Å². The Kier molecular flexibility index (Phi) is 6.69. The second-order valence-corrected chi connectivity index (χ2v) is 6.26. The van der Waals surface area contributed by atoms with Gasteiger partial charge in [-0.15, -0.1) is 0 Å². The summed E-state index contributed by atoms with van der Waals surface area (Å²) in [6.07, 6.45) is 3.10. The lowest BCUT2D eigenvalue weighted by Gasteiger charge is -2.37. The van der Waals surface area contributed by atoms with Gasteiger partial charge in [-0.3, -0.25) is 4.68 Å². The molecule has 0 bridgehead atoms. The molecule has 1 aromatic rings. The van der Waals surface area contributed by atoms with E-state index in [0.29, 0.717) is 0 Å². The maximum atomic E-state index is 6.07. The van der Waals surface area contributed by atoms with Crippen molar-refractivity contribution in [3.05, 3.63) is 18.0 Å². The third kappa shape index (κ3) is 4.32. The summed E-state index contributed by atoms with van der Waals surface area (Å²) in [6.45, 7) is 15.7. The van der Waals surface area contributed by atoms with Crippen molar-refractivity contribution in [2.75, 3.05) is 13.2 Å². The van der Waals surface area contributed by atoms with E-state index in [0.717, 1.165) is 26.1 Å². The fraction of sp³-hybridized carbons (Fsp3) is 0.812. The molecule has 0 fully saturated rings. The molecular formula is C16H31N3O. The smallest absolute Gasteiger partial charge is 0.0832 e. The Morgan fingerprint density at radius 1 is 1.30 bits per heavy atom. The number of hydrogen-bond donors (Lipinski definition) is 1. The molecule has 1 N–H and O–H groups in total. The molecule has 1 rings (SSSR count). The Morgan fingerprint density at radius 2 is 2.00 bits per heavy atom. The summed E-state index contributed by atoms with van der Waals surface area (Å²) in [4.78, 5) is 0. The van der Waals surface area contributed by atoms with E-state index in [1.807, 2.05) is 6.20 Å². The van der Waals surface area contributed by atoms with Crippen molar-refractivity contribution in [2.45, 2.75) is 66.7 Å². The van der Waals surface area contributed by atoms with Crippen molar-refractivity contribution in [1.29, 1.82) is 0 Å². The highest BCUT2D eigenvalue weighted by atomic mass is 16.5. The van der Waals surface area contributed by atoms with Crippen molar-refractivity contribution in [3.8, 4) is 0 Å². The second-order valence-electron chi connectivity index (χ2n) is 6.26. The molecule has 1 aromatic heterocycles. The fourth-order valence-corrected chi connectivity index (χ4v) is 2.62. The van der Waals surface area contributed by atoms with Crippen LogP contribution in [-0.4, -0.2) is 29.0 Å². The molecule has 0 amide bonds. The normalized spacial score (nSPS) is 15.3. The average molecular weight is 281 g/mol. The van der Waals surface area contributed by atoms with Crippen LogP contribution in [0.15, 0.2) is 12.3 Å². The standard InChI is InChI=1S/C16H31N3O/c1-7-12-19-13(10-11-18-19)14(17-8-2)15(20-9-3)16(4,5)6/h10-11,14-15,17H,7-9,12H2,1-6H3. The fourth-order valence-electron chi connectivity index (χ4n) is 2.62. The Balaban J connectivity index is 3.09. The van der Waals surface area contributed by atoms with E-state index in [1.165, 1.54) is 5.69 Å². The maximum Gasteiger partial charge on any atom is 0.0832 e. The summed E-state index contributed by atoms with van der Waals surface area (Å²) in [7, 11) is 0. The summed E-state index contributed by atoms with van der Waals surface area (Å²) < 4.78 is 8.18. The van der Waals surface area contributed by atoms with Crippen LogP contribution in [0.5, 0.6) is 0 Å². The van der Waals surface area contributed by atoms with Gasteiger partial charge in [0.15, 0.2) is 0 Å². The topological polar surface area (TPSA) is 39.1 Å². The van der Waals surface area contributed by atoms with Crippen LogP contribution in [0.25, 0.3) is 0 Å². The van der Waals surface area contributed by atoms with E-state index >= 15 is 0 Å². The third-order valence-corrected chi connectivity index (χ3v) is 3.43. The highest BCUT2D eigenvalue weighted by Crippen LogP contribution is 2.32. The van der Waals surface area contributed by atoms with Gasteiger partial charge in [0.05, 0.1) is 17.8 Å². The highest BCUT2D eigenvalue weighted by Gasteiger charge is 2.35. The molecule has 1 heterocycles. The minimum atomic E-state index is 0.0736. The van der Waals surface area contributed by atoms with Gasteiger partial charge < -0.3 is 10.1 Å². The average Bonchev–Trinajstić information content (AvgIpc) is 2.81. The first-order chi connectivity index (χ1) is 9.45. The number of aromatic nitrogens is 2. The number of rotatable bonds is 8. The van der Waals surface area contributed by atoms with E-state index in [2.05, 4.69) is 62.7 Å². The molecule has 0 saturated carbocycles. The number of nitrogens with one attached hydrogen (secondary N) is 1. The molecule has 0 aliphatic rings. The van der Waals surface area contributed by atoms with Crippen LogP contribution in [0.3, 0.4) is 0 Å². The lowest BCUT2D eigenvalue weighted by Crippen LogP contribution is -2.43. The molecule has 0 radical (unpaired) electrons. The van der Waals surface area contributed by atoms with Crippen molar-refractivity contribution in [3.63, 3.8) is 0 Å². The molecule has 0 saturated heterocycles. The lowest BCUT2D eigenvalue weighted by atomic mass is 9.83. The molecule has 0 aromatic carbocycles. The van der Waals surface area contributed by atoms with Gasteiger partial charge in [-0.1, -0.05) is 34.6 Å². The highest BCUT2D eigenvalue weighted by molar-refractivity contribution is 5.11. The van der Waals surface area contributed by atoms with Crippen LogP contribution in [-0.2, 0) is 11.3 Å².